The van der Waals surface area contributed by atoms with Crippen molar-refractivity contribution in [3.63, 3.8) is 0 Å². The predicted molar refractivity (Wildman–Crippen MR) is 101 cm³/mol. The van der Waals surface area contributed by atoms with E-state index < -0.39 is 35.4 Å². The highest BCUT2D eigenvalue weighted by atomic mass is 35.5. The van der Waals surface area contributed by atoms with E-state index in [0.29, 0.717) is 22.0 Å². The Morgan fingerprint density at radius 2 is 2.07 bits per heavy atom. The SMILES string of the molecule is C=CCOC(=O)NC1(C(=O)OCc2ccc(Cl)cc2Cl)CCC2C(C(=O)O)C21. The number of halogens is 2. The number of amides is 1. The fourth-order valence-corrected chi connectivity index (χ4v) is 4.46. The van der Waals surface area contributed by atoms with Crippen molar-refractivity contribution in [2.45, 2.75) is 25.0 Å². The van der Waals surface area contributed by atoms with Crippen LogP contribution in [0, 0.1) is 17.8 Å². The third-order valence-corrected chi connectivity index (χ3v) is 5.88. The van der Waals surface area contributed by atoms with Gasteiger partial charge in [-0.1, -0.05) is 41.9 Å². The van der Waals surface area contributed by atoms with Gasteiger partial charge in [0.2, 0.25) is 0 Å². The van der Waals surface area contributed by atoms with Crippen molar-refractivity contribution in [3.8, 4) is 0 Å². The van der Waals surface area contributed by atoms with Crippen LogP contribution in [0.15, 0.2) is 30.9 Å². The van der Waals surface area contributed by atoms with Crippen LogP contribution in [0.5, 0.6) is 0 Å². The molecular formula is C19H19Cl2NO6. The molecule has 2 fully saturated rings. The van der Waals surface area contributed by atoms with Crippen molar-refractivity contribution in [2.24, 2.45) is 17.8 Å². The standard InChI is InChI=1S/C19H19Cl2NO6/c1-2-7-27-18(26)22-19(6-5-12-14(15(12)19)16(23)24)17(25)28-9-10-3-4-11(20)8-13(10)21/h2-4,8,12,14-15H,1,5-7,9H2,(H,22,26)(H,23,24). The van der Waals surface area contributed by atoms with E-state index in [4.69, 9.17) is 32.7 Å². The Labute approximate surface area is 171 Å². The Bertz CT molecular complexity index is 829. The summed E-state index contributed by atoms with van der Waals surface area (Å²) in [5.74, 6) is -3.10. The summed E-state index contributed by atoms with van der Waals surface area (Å²) in [6, 6.07) is 4.77. The van der Waals surface area contributed by atoms with Crippen molar-refractivity contribution in [1.82, 2.24) is 5.32 Å². The Morgan fingerprint density at radius 1 is 1.32 bits per heavy atom. The van der Waals surface area contributed by atoms with E-state index in [1.54, 1.807) is 12.1 Å². The van der Waals surface area contributed by atoms with Crippen molar-refractivity contribution in [2.75, 3.05) is 6.61 Å². The summed E-state index contributed by atoms with van der Waals surface area (Å²) >= 11 is 12.0. The molecule has 0 saturated heterocycles. The number of rotatable bonds is 7. The number of benzene rings is 1. The van der Waals surface area contributed by atoms with Gasteiger partial charge < -0.3 is 19.9 Å². The van der Waals surface area contributed by atoms with Crippen molar-refractivity contribution in [1.29, 1.82) is 0 Å². The van der Waals surface area contributed by atoms with Gasteiger partial charge in [0.15, 0.2) is 0 Å². The summed E-state index contributed by atoms with van der Waals surface area (Å²) in [7, 11) is 0. The van der Waals surface area contributed by atoms with Crippen molar-refractivity contribution in [3.05, 3.63) is 46.5 Å². The molecule has 1 aromatic carbocycles. The number of nitrogens with one attached hydrogen (secondary N) is 1. The first-order chi connectivity index (χ1) is 13.3. The van der Waals surface area contributed by atoms with Gasteiger partial charge in [-0.2, -0.15) is 0 Å². The molecule has 2 saturated carbocycles. The molecule has 3 rings (SSSR count). The maximum Gasteiger partial charge on any atom is 0.408 e. The van der Waals surface area contributed by atoms with Crippen LogP contribution in [-0.4, -0.2) is 35.3 Å². The fraction of sp³-hybridized carbons (Fsp3) is 0.421. The molecule has 4 unspecified atom stereocenters. The number of fused-ring (bicyclic) bond motifs is 1. The van der Waals surface area contributed by atoms with E-state index in [1.165, 1.54) is 12.1 Å². The summed E-state index contributed by atoms with van der Waals surface area (Å²) in [5, 5.41) is 12.7. The highest BCUT2D eigenvalue weighted by Crippen LogP contribution is 2.62. The monoisotopic (exact) mass is 427 g/mol. The van der Waals surface area contributed by atoms with E-state index >= 15 is 0 Å². The molecule has 2 N–H and O–H groups in total. The molecule has 1 amide bonds. The van der Waals surface area contributed by atoms with Crippen molar-refractivity contribution < 1.29 is 29.0 Å². The Hall–Kier alpha value is -2.25. The average Bonchev–Trinajstić information content (AvgIpc) is 3.28. The van der Waals surface area contributed by atoms with Gasteiger partial charge in [0.25, 0.3) is 0 Å². The molecule has 0 aromatic heterocycles. The van der Waals surface area contributed by atoms with E-state index in [1.807, 2.05) is 0 Å². The third-order valence-electron chi connectivity index (χ3n) is 5.29. The first kappa shape index (κ1) is 20.5. The number of aliphatic carboxylic acids is 1. The molecule has 7 nitrogen and oxygen atoms in total. The molecule has 0 bridgehead atoms. The van der Waals surface area contributed by atoms with Crippen molar-refractivity contribution >= 4 is 41.2 Å². The van der Waals surface area contributed by atoms with Crippen LogP contribution < -0.4 is 5.32 Å². The molecule has 4 atom stereocenters. The number of hydrogen-bond donors (Lipinski definition) is 2. The molecule has 28 heavy (non-hydrogen) atoms. The number of ether oxygens (including phenoxy) is 2. The largest absolute Gasteiger partial charge is 0.481 e. The number of esters is 1. The zero-order valence-corrected chi connectivity index (χ0v) is 16.3. The van der Waals surface area contributed by atoms with Crippen LogP contribution >= 0.6 is 23.2 Å². The minimum atomic E-state index is -1.44. The van der Waals surface area contributed by atoms with Crippen LogP contribution in [0.2, 0.25) is 10.0 Å². The molecule has 0 spiro atoms. The molecular weight excluding hydrogens is 409 g/mol. The summed E-state index contributed by atoms with van der Waals surface area (Å²) in [4.78, 5) is 36.5. The average molecular weight is 428 g/mol. The minimum absolute atomic E-state index is 0.0339. The lowest BCUT2D eigenvalue weighted by molar-refractivity contribution is -0.154. The van der Waals surface area contributed by atoms with E-state index in [0.717, 1.165) is 0 Å². The maximum absolute atomic E-state index is 13.0. The van der Waals surface area contributed by atoms with Gasteiger partial charge in [-0.05, 0) is 30.9 Å². The van der Waals surface area contributed by atoms with Gasteiger partial charge in [0, 0.05) is 21.5 Å². The zero-order chi connectivity index (χ0) is 20.5. The Kier molecular flexibility index (Phi) is 5.86. The van der Waals surface area contributed by atoms with E-state index in [9.17, 15) is 19.5 Å². The van der Waals surface area contributed by atoms with Crippen LogP contribution in [0.25, 0.3) is 0 Å². The summed E-state index contributed by atoms with van der Waals surface area (Å²) in [6.07, 6.45) is 1.35. The molecule has 2 aliphatic rings. The van der Waals surface area contributed by atoms with Gasteiger partial charge in [0.1, 0.15) is 18.8 Å². The summed E-state index contributed by atoms with van der Waals surface area (Å²) < 4.78 is 10.3. The van der Waals surface area contributed by atoms with Crippen LogP contribution in [0.4, 0.5) is 4.79 Å². The summed E-state index contributed by atoms with van der Waals surface area (Å²) in [6.45, 7) is 3.29. The second-order valence-electron chi connectivity index (χ2n) is 6.89. The predicted octanol–water partition coefficient (Wildman–Crippen LogP) is 3.43. The second kappa shape index (κ2) is 8.01. The lowest BCUT2D eigenvalue weighted by Gasteiger charge is -2.30. The second-order valence-corrected chi connectivity index (χ2v) is 7.73. The number of carbonyl (C=O) groups excluding carboxylic acids is 2. The normalized spacial score (nSPS) is 27.4. The maximum atomic E-state index is 13.0. The van der Waals surface area contributed by atoms with E-state index in [-0.39, 0.29) is 25.6 Å². The highest BCUT2D eigenvalue weighted by Gasteiger charge is 2.72. The molecule has 0 aliphatic heterocycles. The first-order valence-corrected chi connectivity index (χ1v) is 9.45. The molecule has 0 heterocycles. The van der Waals surface area contributed by atoms with Crippen LogP contribution in [-0.2, 0) is 25.7 Å². The van der Waals surface area contributed by atoms with Crippen LogP contribution in [0.1, 0.15) is 18.4 Å². The quantitative estimate of drug-likeness (QED) is 0.510. The molecule has 2 aliphatic carbocycles. The van der Waals surface area contributed by atoms with Gasteiger partial charge in [0.05, 0.1) is 5.92 Å². The zero-order valence-electron chi connectivity index (χ0n) is 14.8. The Balaban J connectivity index is 1.76. The molecule has 1 aromatic rings. The van der Waals surface area contributed by atoms with Gasteiger partial charge in [-0.15, -0.1) is 0 Å². The van der Waals surface area contributed by atoms with Gasteiger partial charge in [-0.25, -0.2) is 9.59 Å². The van der Waals surface area contributed by atoms with Crippen LogP contribution in [0.3, 0.4) is 0 Å². The van der Waals surface area contributed by atoms with E-state index in [2.05, 4.69) is 11.9 Å². The number of carboxylic acids is 1. The smallest absolute Gasteiger partial charge is 0.408 e. The minimum Gasteiger partial charge on any atom is -0.481 e. The Morgan fingerprint density at radius 3 is 2.68 bits per heavy atom. The van der Waals surface area contributed by atoms with Gasteiger partial charge in [-0.3, -0.25) is 4.79 Å². The highest BCUT2D eigenvalue weighted by molar-refractivity contribution is 6.35. The first-order valence-electron chi connectivity index (χ1n) is 8.70. The third kappa shape index (κ3) is 3.82. The summed E-state index contributed by atoms with van der Waals surface area (Å²) in [5.41, 5.74) is -0.894. The lowest BCUT2D eigenvalue weighted by Crippen LogP contribution is -2.56. The molecule has 0 radical (unpaired) electrons. The fourth-order valence-electron chi connectivity index (χ4n) is 4.00. The molecule has 9 heteroatoms. The number of carboxylic acid groups (broad SMARTS) is 1. The molecule has 150 valence electrons. The number of alkyl carbamates (subject to hydrolysis) is 1. The van der Waals surface area contributed by atoms with Gasteiger partial charge >= 0.3 is 18.0 Å². The topological polar surface area (TPSA) is 102 Å². The number of carbonyl (C=O) groups is 3. The lowest BCUT2D eigenvalue weighted by atomic mass is 9.90. The number of hydrogen-bond acceptors (Lipinski definition) is 5.